The molecule has 0 aliphatic carbocycles. The van der Waals surface area contributed by atoms with Crippen molar-refractivity contribution >= 4 is 27.8 Å². The number of hydrogen-bond acceptors (Lipinski definition) is 7. The summed E-state index contributed by atoms with van der Waals surface area (Å²) in [4.78, 5) is 27.9. The van der Waals surface area contributed by atoms with E-state index in [1.807, 2.05) is 50.4 Å². The number of rotatable bonds is 5. The fraction of sp³-hybridized carbons (Fsp3) is 0.130. The maximum Gasteiger partial charge on any atom is 0.417 e. The quantitative estimate of drug-likeness (QED) is 0.444. The van der Waals surface area contributed by atoms with Gasteiger partial charge >= 0.3 is 5.76 Å². The average Bonchev–Trinajstić information content (AvgIpc) is 3.18. The molecule has 0 radical (unpaired) electrons. The maximum atomic E-state index is 11.5. The highest BCUT2D eigenvalue weighted by molar-refractivity contribution is 5.98. The molecule has 0 unspecified atom stereocenters. The number of nitrogens with zero attached hydrogens (tertiary/aromatic N) is 3. The van der Waals surface area contributed by atoms with Crippen LogP contribution in [-0.4, -0.2) is 33.6 Å². The topological polar surface area (TPSA) is 106 Å². The zero-order chi connectivity index (χ0) is 21.4. The van der Waals surface area contributed by atoms with Crippen LogP contribution in [0.2, 0.25) is 0 Å². The summed E-state index contributed by atoms with van der Waals surface area (Å²) in [6, 6.07) is 13.3. The minimum atomic E-state index is -0.477. The lowest BCUT2D eigenvalue weighted by Crippen LogP contribution is -2.02. The van der Waals surface area contributed by atoms with Crippen LogP contribution in [0.25, 0.3) is 44.5 Å². The van der Waals surface area contributed by atoms with Gasteiger partial charge in [0.05, 0.1) is 12.1 Å². The molecular formula is C23H19N5O3. The zero-order valence-corrected chi connectivity index (χ0v) is 17.0. The van der Waals surface area contributed by atoms with Crippen LogP contribution in [0, 0.1) is 0 Å². The molecule has 8 heteroatoms. The van der Waals surface area contributed by atoms with Gasteiger partial charge in [0.2, 0.25) is 0 Å². The normalized spacial score (nSPS) is 11.2. The average molecular weight is 413 g/mol. The Balaban J connectivity index is 1.74. The first kappa shape index (κ1) is 18.8. The van der Waals surface area contributed by atoms with Crippen LogP contribution in [0.15, 0.2) is 64.1 Å². The molecule has 8 nitrogen and oxygen atoms in total. The van der Waals surface area contributed by atoms with Crippen LogP contribution in [0.4, 0.5) is 5.82 Å². The largest absolute Gasteiger partial charge is 0.492 e. The Hall–Kier alpha value is -4.20. The van der Waals surface area contributed by atoms with Gasteiger partial charge in [-0.15, -0.1) is 0 Å². The van der Waals surface area contributed by atoms with E-state index in [-0.39, 0.29) is 0 Å². The third-order valence-corrected chi connectivity index (χ3v) is 4.97. The van der Waals surface area contributed by atoms with Crippen LogP contribution in [0.5, 0.6) is 5.75 Å². The Morgan fingerprint density at radius 3 is 2.77 bits per heavy atom. The standard InChI is InChI=1S/C23H19N5O3/c1-3-30-19-11-15(13-6-7-18-17(10-13)26-23(29)31-18)9-16-20(19)27-21(28-22(16)24-2)14-5-4-8-25-12-14/h4-12H,3H2,1-2H3,(H,26,29)(H,24,27,28). The zero-order valence-electron chi connectivity index (χ0n) is 17.0. The summed E-state index contributed by atoms with van der Waals surface area (Å²) >= 11 is 0. The SMILES string of the molecule is CCOc1cc(-c2ccc3oc(=O)[nH]c3c2)cc2c(NC)nc(-c3cccnc3)nc12. The summed E-state index contributed by atoms with van der Waals surface area (Å²) in [6.45, 7) is 2.43. The second kappa shape index (κ2) is 7.56. The monoisotopic (exact) mass is 413 g/mol. The van der Waals surface area contributed by atoms with E-state index in [2.05, 4.69) is 15.3 Å². The van der Waals surface area contributed by atoms with Gasteiger partial charge in [-0.2, -0.15) is 0 Å². The molecule has 0 saturated heterocycles. The fourth-order valence-electron chi connectivity index (χ4n) is 3.58. The van der Waals surface area contributed by atoms with Crippen LogP contribution in [0.3, 0.4) is 0 Å². The maximum absolute atomic E-state index is 11.5. The molecule has 2 N–H and O–H groups in total. The number of pyridine rings is 1. The van der Waals surface area contributed by atoms with Crippen molar-refractivity contribution in [1.29, 1.82) is 0 Å². The Morgan fingerprint density at radius 2 is 2.00 bits per heavy atom. The summed E-state index contributed by atoms with van der Waals surface area (Å²) in [5, 5.41) is 4.00. The van der Waals surface area contributed by atoms with Gasteiger partial charge in [-0.1, -0.05) is 6.07 Å². The lowest BCUT2D eigenvalue weighted by molar-refractivity contribution is 0.344. The Morgan fingerprint density at radius 1 is 1.10 bits per heavy atom. The molecule has 0 saturated carbocycles. The van der Waals surface area contributed by atoms with Gasteiger partial charge < -0.3 is 14.5 Å². The van der Waals surface area contributed by atoms with Gasteiger partial charge in [-0.3, -0.25) is 9.97 Å². The molecule has 2 aromatic carbocycles. The van der Waals surface area contributed by atoms with Gasteiger partial charge in [0, 0.05) is 30.4 Å². The van der Waals surface area contributed by atoms with Gasteiger partial charge in [0.1, 0.15) is 17.1 Å². The van der Waals surface area contributed by atoms with Crippen molar-refractivity contribution in [1.82, 2.24) is 19.9 Å². The number of benzene rings is 2. The Kier molecular flexibility index (Phi) is 4.59. The Bertz CT molecular complexity index is 1460. The number of H-pyrrole nitrogens is 1. The molecule has 0 aliphatic heterocycles. The van der Waals surface area contributed by atoms with Crippen LogP contribution in [0.1, 0.15) is 6.92 Å². The molecular weight excluding hydrogens is 394 g/mol. The first-order chi connectivity index (χ1) is 15.2. The number of aromatic nitrogens is 4. The fourth-order valence-corrected chi connectivity index (χ4v) is 3.58. The number of aromatic amines is 1. The van der Waals surface area contributed by atoms with E-state index in [0.717, 1.165) is 22.1 Å². The second-order valence-corrected chi connectivity index (χ2v) is 6.92. The molecule has 3 heterocycles. The highest BCUT2D eigenvalue weighted by Gasteiger charge is 2.16. The lowest BCUT2D eigenvalue weighted by Gasteiger charge is -2.14. The first-order valence-electron chi connectivity index (χ1n) is 9.86. The third kappa shape index (κ3) is 3.38. The van der Waals surface area contributed by atoms with Crippen molar-refractivity contribution < 1.29 is 9.15 Å². The first-order valence-corrected chi connectivity index (χ1v) is 9.86. The van der Waals surface area contributed by atoms with Crippen molar-refractivity contribution in [3.63, 3.8) is 0 Å². The summed E-state index contributed by atoms with van der Waals surface area (Å²) < 4.78 is 11.1. The van der Waals surface area contributed by atoms with Crippen molar-refractivity contribution in [2.24, 2.45) is 0 Å². The summed E-state index contributed by atoms with van der Waals surface area (Å²) in [5.74, 6) is 1.43. The van der Waals surface area contributed by atoms with E-state index < -0.39 is 5.76 Å². The molecule has 3 aromatic heterocycles. The molecule has 0 fully saturated rings. The number of fused-ring (bicyclic) bond motifs is 2. The second-order valence-electron chi connectivity index (χ2n) is 6.92. The van der Waals surface area contributed by atoms with E-state index in [4.69, 9.17) is 19.1 Å². The number of hydrogen-bond donors (Lipinski definition) is 2. The molecule has 0 atom stereocenters. The molecule has 0 bridgehead atoms. The van der Waals surface area contributed by atoms with Crippen LogP contribution < -0.4 is 15.8 Å². The van der Waals surface area contributed by atoms with Crippen LogP contribution in [-0.2, 0) is 0 Å². The predicted molar refractivity (Wildman–Crippen MR) is 119 cm³/mol. The lowest BCUT2D eigenvalue weighted by atomic mass is 10.0. The highest BCUT2D eigenvalue weighted by Crippen LogP contribution is 2.36. The molecule has 31 heavy (non-hydrogen) atoms. The smallest absolute Gasteiger partial charge is 0.417 e. The summed E-state index contributed by atoms with van der Waals surface area (Å²) in [6.07, 6.45) is 3.45. The van der Waals surface area contributed by atoms with Crippen molar-refractivity contribution in [2.75, 3.05) is 19.0 Å². The van der Waals surface area contributed by atoms with Crippen molar-refractivity contribution in [3.05, 3.63) is 65.4 Å². The van der Waals surface area contributed by atoms with Crippen molar-refractivity contribution in [2.45, 2.75) is 6.92 Å². The third-order valence-electron chi connectivity index (χ3n) is 4.97. The van der Waals surface area contributed by atoms with E-state index in [1.54, 1.807) is 18.5 Å². The number of oxazole rings is 1. The Labute approximate surface area is 177 Å². The number of nitrogens with one attached hydrogen (secondary N) is 2. The van der Waals surface area contributed by atoms with Crippen molar-refractivity contribution in [3.8, 4) is 28.3 Å². The van der Waals surface area contributed by atoms with E-state index in [0.29, 0.717) is 40.6 Å². The molecule has 0 aliphatic rings. The van der Waals surface area contributed by atoms with Gasteiger partial charge in [0.25, 0.3) is 0 Å². The van der Waals surface area contributed by atoms with Gasteiger partial charge in [0.15, 0.2) is 11.4 Å². The number of ether oxygens (including phenoxy) is 1. The molecule has 0 spiro atoms. The van der Waals surface area contributed by atoms with E-state index in [9.17, 15) is 4.79 Å². The molecule has 5 rings (SSSR count). The van der Waals surface area contributed by atoms with E-state index >= 15 is 0 Å². The molecule has 0 amide bonds. The van der Waals surface area contributed by atoms with Crippen LogP contribution >= 0.6 is 0 Å². The molecule has 154 valence electrons. The summed E-state index contributed by atoms with van der Waals surface area (Å²) in [7, 11) is 1.82. The highest BCUT2D eigenvalue weighted by atomic mass is 16.5. The minimum absolute atomic E-state index is 0.477. The molecule has 5 aromatic rings. The van der Waals surface area contributed by atoms with Gasteiger partial charge in [-0.05, 0) is 54.4 Å². The summed E-state index contributed by atoms with van der Waals surface area (Å²) in [5.41, 5.74) is 4.50. The minimum Gasteiger partial charge on any atom is -0.492 e. The number of anilines is 1. The predicted octanol–water partition coefficient (Wildman–Crippen LogP) is 4.23. The van der Waals surface area contributed by atoms with Gasteiger partial charge in [-0.25, -0.2) is 14.8 Å². The van der Waals surface area contributed by atoms with E-state index in [1.165, 1.54) is 0 Å².